The minimum atomic E-state index is -0.468. The van der Waals surface area contributed by atoms with Gasteiger partial charge in [-0.2, -0.15) is 0 Å². The largest absolute Gasteiger partial charge is 0.442 e. The molecular formula is C13H21N5O2. The van der Waals surface area contributed by atoms with Crippen LogP contribution in [-0.2, 0) is 19.0 Å². The van der Waals surface area contributed by atoms with E-state index in [2.05, 4.69) is 29.2 Å². The third-order valence-corrected chi connectivity index (χ3v) is 3.17. The molecule has 0 unspecified atom stereocenters. The molecule has 0 aliphatic heterocycles. The van der Waals surface area contributed by atoms with E-state index in [-0.39, 0.29) is 11.3 Å². The maximum Gasteiger partial charge on any atom is 0.442 e. The summed E-state index contributed by atoms with van der Waals surface area (Å²) in [5, 5.41) is 12.2. The van der Waals surface area contributed by atoms with Crippen LogP contribution in [0.1, 0.15) is 58.0 Å². The van der Waals surface area contributed by atoms with Crippen molar-refractivity contribution in [1.82, 2.24) is 24.5 Å². The van der Waals surface area contributed by atoms with Gasteiger partial charge < -0.3 is 4.57 Å². The molecule has 7 heteroatoms. The predicted molar refractivity (Wildman–Crippen MR) is 73.7 cm³/mol. The van der Waals surface area contributed by atoms with E-state index in [0.29, 0.717) is 18.2 Å². The van der Waals surface area contributed by atoms with Crippen molar-refractivity contribution in [1.29, 1.82) is 0 Å². The standard InChI is InChI=1S/C13H21N5O2/c1-8(2)10-15-14-9(17(10)6)7-18-11(13(3,4)5)16-20-12(18)19/h8H,7H2,1-6H3. The van der Waals surface area contributed by atoms with Crippen molar-refractivity contribution in [3.05, 3.63) is 28.0 Å². The number of hydrogen-bond acceptors (Lipinski definition) is 5. The third-order valence-electron chi connectivity index (χ3n) is 3.17. The molecule has 0 aliphatic carbocycles. The zero-order valence-electron chi connectivity index (χ0n) is 12.8. The summed E-state index contributed by atoms with van der Waals surface area (Å²) in [5.74, 6) is 2.02. The Morgan fingerprint density at radius 2 is 1.90 bits per heavy atom. The van der Waals surface area contributed by atoms with Gasteiger partial charge in [0, 0.05) is 18.4 Å². The minimum Gasteiger partial charge on any atom is -0.316 e. The van der Waals surface area contributed by atoms with E-state index in [4.69, 9.17) is 4.52 Å². The summed E-state index contributed by atoms with van der Waals surface area (Å²) in [5.41, 5.74) is -0.272. The van der Waals surface area contributed by atoms with Crippen molar-refractivity contribution in [2.24, 2.45) is 7.05 Å². The molecule has 0 atom stereocenters. The smallest absolute Gasteiger partial charge is 0.316 e. The Balaban J connectivity index is 2.41. The molecule has 20 heavy (non-hydrogen) atoms. The summed E-state index contributed by atoms with van der Waals surface area (Å²) >= 11 is 0. The Bertz CT molecular complexity index is 657. The molecule has 0 bridgehead atoms. The monoisotopic (exact) mass is 279 g/mol. The lowest BCUT2D eigenvalue weighted by Gasteiger charge is -2.16. The van der Waals surface area contributed by atoms with Gasteiger partial charge in [-0.15, -0.1) is 10.2 Å². The fraction of sp³-hybridized carbons (Fsp3) is 0.692. The molecule has 0 radical (unpaired) electrons. The Labute approximate surface area is 117 Å². The van der Waals surface area contributed by atoms with Crippen LogP contribution in [0.25, 0.3) is 0 Å². The van der Waals surface area contributed by atoms with Gasteiger partial charge in [0.2, 0.25) is 0 Å². The molecule has 0 aliphatic rings. The van der Waals surface area contributed by atoms with Gasteiger partial charge in [0.15, 0.2) is 11.6 Å². The van der Waals surface area contributed by atoms with E-state index >= 15 is 0 Å². The minimum absolute atomic E-state index is 0.272. The van der Waals surface area contributed by atoms with Crippen LogP contribution >= 0.6 is 0 Å². The van der Waals surface area contributed by atoms with Gasteiger partial charge in [0.05, 0.1) is 6.54 Å². The second kappa shape index (κ2) is 4.88. The third kappa shape index (κ3) is 2.52. The summed E-state index contributed by atoms with van der Waals surface area (Å²) in [6.45, 7) is 10.4. The fourth-order valence-corrected chi connectivity index (χ4v) is 2.11. The summed E-state index contributed by atoms with van der Waals surface area (Å²) in [6.07, 6.45) is 0. The highest BCUT2D eigenvalue weighted by Gasteiger charge is 2.25. The highest BCUT2D eigenvalue weighted by atomic mass is 16.5. The quantitative estimate of drug-likeness (QED) is 0.849. The Morgan fingerprint density at radius 1 is 1.25 bits per heavy atom. The van der Waals surface area contributed by atoms with Gasteiger partial charge in [-0.05, 0) is 0 Å². The van der Waals surface area contributed by atoms with Gasteiger partial charge in [-0.1, -0.05) is 39.8 Å². The lowest BCUT2D eigenvalue weighted by Crippen LogP contribution is -2.26. The topological polar surface area (TPSA) is 78.7 Å². The molecule has 2 aromatic heterocycles. The average molecular weight is 279 g/mol. The van der Waals surface area contributed by atoms with Crippen LogP contribution < -0.4 is 5.76 Å². The van der Waals surface area contributed by atoms with Crippen molar-refractivity contribution in [2.45, 2.75) is 52.5 Å². The Hall–Kier alpha value is -1.92. The second-order valence-electron chi connectivity index (χ2n) is 6.30. The number of nitrogens with zero attached hydrogens (tertiary/aromatic N) is 5. The van der Waals surface area contributed by atoms with E-state index in [1.54, 1.807) is 0 Å². The van der Waals surface area contributed by atoms with E-state index in [1.807, 2.05) is 32.4 Å². The van der Waals surface area contributed by atoms with Crippen molar-refractivity contribution in [3.8, 4) is 0 Å². The van der Waals surface area contributed by atoms with Gasteiger partial charge in [0.25, 0.3) is 0 Å². The summed E-state index contributed by atoms with van der Waals surface area (Å²) in [6, 6.07) is 0. The van der Waals surface area contributed by atoms with E-state index < -0.39 is 5.76 Å². The molecule has 2 aromatic rings. The lowest BCUT2D eigenvalue weighted by atomic mass is 9.96. The van der Waals surface area contributed by atoms with Crippen LogP contribution in [-0.4, -0.2) is 24.5 Å². The first-order chi connectivity index (χ1) is 9.21. The highest BCUT2D eigenvalue weighted by Crippen LogP contribution is 2.19. The van der Waals surface area contributed by atoms with Crippen LogP contribution in [0.4, 0.5) is 0 Å². The van der Waals surface area contributed by atoms with Crippen LogP contribution in [0.3, 0.4) is 0 Å². The van der Waals surface area contributed by atoms with Gasteiger partial charge >= 0.3 is 5.76 Å². The SMILES string of the molecule is CC(C)c1nnc(Cn2c(C(C)(C)C)noc2=O)n1C. The molecule has 7 nitrogen and oxygen atoms in total. The van der Waals surface area contributed by atoms with Crippen LogP contribution in [0.5, 0.6) is 0 Å². The predicted octanol–water partition coefficient (Wildman–Crippen LogP) is 1.43. The van der Waals surface area contributed by atoms with Crippen molar-refractivity contribution in [3.63, 3.8) is 0 Å². The van der Waals surface area contributed by atoms with Crippen molar-refractivity contribution >= 4 is 0 Å². The molecule has 2 rings (SSSR count). The summed E-state index contributed by atoms with van der Waals surface area (Å²) in [4.78, 5) is 11.8. The fourth-order valence-electron chi connectivity index (χ4n) is 2.11. The highest BCUT2D eigenvalue weighted by molar-refractivity contribution is 5.05. The van der Waals surface area contributed by atoms with Crippen molar-refractivity contribution in [2.75, 3.05) is 0 Å². The molecule has 0 spiro atoms. The normalized spacial score (nSPS) is 12.3. The average Bonchev–Trinajstić information content (AvgIpc) is 2.84. The molecule has 0 fully saturated rings. The zero-order valence-corrected chi connectivity index (χ0v) is 12.8. The zero-order chi connectivity index (χ0) is 15.1. The van der Waals surface area contributed by atoms with Crippen LogP contribution in [0.2, 0.25) is 0 Å². The van der Waals surface area contributed by atoms with Crippen LogP contribution in [0.15, 0.2) is 9.32 Å². The van der Waals surface area contributed by atoms with Gasteiger partial charge in [-0.3, -0.25) is 9.09 Å². The molecule has 0 saturated heterocycles. The maximum atomic E-state index is 11.8. The first-order valence-corrected chi connectivity index (χ1v) is 6.67. The first kappa shape index (κ1) is 14.5. The number of hydrogen-bond donors (Lipinski definition) is 0. The maximum absolute atomic E-state index is 11.8. The van der Waals surface area contributed by atoms with Crippen LogP contribution in [0, 0.1) is 0 Å². The van der Waals surface area contributed by atoms with E-state index in [0.717, 1.165) is 5.82 Å². The molecule has 0 aromatic carbocycles. The van der Waals surface area contributed by atoms with Gasteiger partial charge in [-0.25, -0.2) is 4.79 Å². The molecule has 2 heterocycles. The second-order valence-corrected chi connectivity index (χ2v) is 6.30. The lowest BCUT2D eigenvalue weighted by molar-refractivity contribution is 0.367. The Morgan fingerprint density at radius 3 is 2.40 bits per heavy atom. The van der Waals surface area contributed by atoms with E-state index in [9.17, 15) is 4.79 Å². The molecule has 0 saturated carbocycles. The van der Waals surface area contributed by atoms with E-state index in [1.165, 1.54) is 4.57 Å². The molecule has 0 amide bonds. The Kier molecular flexibility index (Phi) is 3.54. The number of aromatic nitrogens is 5. The van der Waals surface area contributed by atoms with Crippen molar-refractivity contribution < 1.29 is 4.52 Å². The number of rotatable bonds is 3. The summed E-state index contributed by atoms with van der Waals surface area (Å²) < 4.78 is 8.21. The summed E-state index contributed by atoms with van der Waals surface area (Å²) in [7, 11) is 1.90. The van der Waals surface area contributed by atoms with Gasteiger partial charge in [0.1, 0.15) is 5.82 Å². The molecular weight excluding hydrogens is 258 g/mol. The molecule has 0 N–H and O–H groups in total. The first-order valence-electron chi connectivity index (χ1n) is 6.67. The molecule has 110 valence electrons.